The number of H-pyrrole nitrogens is 1. The van der Waals surface area contributed by atoms with E-state index in [2.05, 4.69) is 36.1 Å². The van der Waals surface area contributed by atoms with Crippen molar-refractivity contribution >= 4 is 59.1 Å². The molecule has 7 rings (SSSR count). The van der Waals surface area contributed by atoms with Gasteiger partial charge in [0.15, 0.2) is 0 Å². The van der Waals surface area contributed by atoms with Crippen LogP contribution in [0, 0.1) is 5.41 Å². The SMILES string of the molecule is Cl.Cn1ccc2c1CCC(N)C(=O)N2.Cn1ccc2c1CCC(NC(=O)c1n[nH]c(Cc3ccccc3)n1)C(=O)N2.N=C(N=C(N)Cc1ccccc1)C(=O)O. The van der Waals surface area contributed by atoms with Crippen molar-refractivity contribution in [3.05, 3.63) is 119 Å². The monoisotopic (exact) mass is 784 g/mol. The maximum atomic E-state index is 12.5. The van der Waals surface area contributed by atoms with Crippen molar-refractivity contribution in [2.75, 3.05) is 10.6 Å². The van der Waals surface area contributed by atoms with E-state index in [0.29, 0.717) is 31.5 Å². The third kappa shape index (κ3) is 11.5. The van der Waals surface area contributed by atoms with E-state index in [9.17, 15) is 19.2 Å². The molecule has 0 fully saturated rings. The van der Waals surface area contributed by atoms with E-state index in [-0.39, 0.29) is 41.9 Å². The van der Waals surface area contributed by atoms with Crippen LogP contribution in [0.5, 0.6) is 0 Å². The number of amidine groups is 2. The minimum Gasteiger partial charge on any atom is -0.475 e. The van der Waals surface area contributed by atoms with Gasteiger partial charge in [-0.05, 0) is 48.9 Å². The molecule has 0 saturated heterocycles. The fraction of sp³-hybridized carbons (Fsp3) is 0.263. The number of aryl methyl sites for hydroxylation is 2. The summed E-state index contributed by atoms with van der Waals surface area (Å²) in [6.07, 6.45) is 7.54. The molecule has 0 bridgehead atoms. The number of nitrogens with one attached hydrogen (secondary N) is 5. The summed E-state index contributed by atoms with van der Waals surface area (Å²) < 4.78 is 4.00. The summed E-state index contributed by atoms with van der Waals surface area (Å²) in [5.41, 5.74) is 17.0. The molecule has 2 aromatic carbocycles. The number of amides is 3. The summed E-state index contributed by atoms with van der Waals surface area (Å²) in [5, 5.41) is 30.6. The predicted octanol–water partition coefficient (Wildman–Crippen LogP) is 2.72. The number of aromatic amines is 1. The van der Waals surface area contributed by atoms with Crippen molar-refractivity contribution in [3.63, 3.8) is 0 Å². The fourth-order valence-electron chi connectivity index (χ4n) is 5.92. The van der Waals surface area contributed by atoms with Crippen molar-refractivity contribution in [1.29, 1.82) is 5.41 Å². The Balaban J connectivity index is 0.000000204. The van der Waals surface area contributed by atoms with Crippen molar-refractivity contribution < 1.29 is 24.3 Å². The number of aromatic nitrogens is 5. The first-order valence-corrected chi connectivity index (χ1v) is 17.5. The highest BCUT2D eigenvalue weighted by atomic mass is 35.5. The van der Waals surface area contributed by atoms with Crippen LogP contribution in [-0.4, -0.2) is 76.9 Å². The molecule has 3 aromatic heterocycles. The van der Waals surface area contributed by atoms with Crippen molar-refractivity contribution in [2.24, 2.45) is 30.6 Å². The highest BCUT2D eigenvalue weighted by Crippen LogP contribution is 2.23. The molecule has 5 heterocycles. The Bertz CT molecular complexity index is 2180. The molecule has 10 N–H and O–H groups in total. The van der Waals surface area contributed by atoms with Gasteiger partial charge in [-0.15, -0.1) is 17.5 Å². The van der Waals surface area contributed by atoms with Crippen LogP contribution in [0.3, 0.4) is 0 Å². The van der Waals surface area contributed by atoms with E-state index in [1.165, 1.54) is 0 Å². The molecule has 2 aliphatic heterocycles. The molecule has 5 aromatic rings. The molecule has 294 valence electrons. The summed E-state index contributed by atoms with van der Waals surface area (Å²) in [6, 6.07) is 21.9. The number of benzene rings is 2. The molecule has 2 aliphatic rings. The molecule has 2 atom stereocenters. The Morgan fingerprint density at radius 1 is 0.893 bits per heavy atom. The van der Waals surface area contributed by atoms with E-state index < -0.39 is 23.8 Å². The zero-order chi connectivity index (χ0) is 39.5. The number of fused-ring (bicyclic) bond motifs is 2. The van der Waals surface area contributed by atoms with Gasteiger partial charge >= 0.3 is 5.97 Å². The van der Waals surface area contributed by atoms with E-state index >= 15 is 0 Å². The lowest BCUT2D eigenvalue weighted by Crippen LogP contribution is -2.43. The highest BCUT2D eigenvalue weighted by molar-refractivity contribution is 6.35. The van der Waals surface area contributed by atoms with Gasteiger partial charge in [0.05, 0.1) is 17.4 Å². The molecule has 0 saturated carbocycles. The van der Waals surface area contributed by atoms with Gasteiger partial charge in [-0.25, -0.2) is 14.8 Å². The largest absolute Gasteiger partial charge is 0.475 e. The lowest BCUT2D eigenvalue weighted by molar-refractivity contribution is -0.129. The van der Waals surface area contributed by atoms with Crippen LogP contribution in [0.25, 0.3) is 0 Å². The lowest BCUT2D eigenvalue weighted by atomic mass is 10.1. The average molecular weight is 785 g/mol. The molecule has 0 aliphatic carbocycles. The second-order valence-electron chi connectivity index (χ2n) is 12.9. The van der Waals surface area contributed by atoms with Crippen LogP contribution in [0.15, 0.2) is 90.2 Å². The van der Waals surface area contributed by atoms with E-state index in [1.54, 1.807) is 0 Å². The first-order chi connectivity index (χ1) is 26.4. The van der Waals surface area contributed by atoms with Gasteiger partial charge in [0.2, 0.25) is 23.5 Å². The third-order valence-corrected chi connectivity index (χ3v) is 8.87. The quantitative estimate of drug-likeness (QED) is 0.0928. The molecule has 17 nitrogen and oxygen atoms in total. The smallest absolute Gasteiger partial charge is 0.373 e. The molecule has 2 unspecified atom stereocenters. The Morgan fingerprint density at radius 2 is 1.45 bits per heavy atom. The molecule has 56 heavy (non-hydrogen) atoms. The standard InChI is InChI=1S/C19H20N6O2.C10H11N3O2.C9H13N3O.ClH/c1-25-10-9-13-15(25)8-7-14(18(26)20-13)21-19(27)17-22-16(23-24-17)11-12-5-3-2-4-6-12;11-8(13-9(12)10(14)15)6-7-4-2-1-3-5-7;1-12-5-4-7-8(12)3-2-6(10)9(13)11-7;/h2-6,9-10,14H,7-8,11H2,1H3,(H,20,26)(H,21,27)(H,22,23,24);1-5H,6H2,(H,14,15)(H3,11,12,13);4-6H,2-3,10H2,1H3,(H,11,13);1H. The van der Waals surface area contributed by atoms with Crippen LogP contribution in [0.4, 0.5) is 11.4 Å². The molecular weight excluding hydrogens is 740 g/mol. The topological polar surface area (TPSA) is 264 Å². The summed E-state index contributed by atoms with van der Waals surface area (Å²) >= 11 is 0. The summed E-state index contributed by atoms with van der Waals surface area (Å²) in [4.78, 5) is 54.2. The third-order valence-electron chi connectivity index (χ3n) is 8.87. The van der Waals surface area contributed by atoms with Gasteiger partial charge in [0.1, 0.15) is 17.7 Å². The lowest BCUT2D eigenvalue weighted by Gasteiger charge is -2.13. The summed E-state index contributed by atoms with van der Waals surface area (Å²) in [5.74, 6) is -2.14. The molecule has 3 amide bonds. The zero-order valence-electron chi connectivity index (χ0n) is 30.9. The van der Waals surface area contributed by atoms with E-state index in [1.807, 2.05) is 108 Å². The van der Waals surface area contributed by atoms with Crippen molar-refractivity contribution in [2.45, 2.75) is 50.6 Å². The van der Waals surface area contributed by atoms with Gasteiger partial charge < -0.3 is 41.7 Å². The number of aliphatic imine (C=N–C) groups is 1. The number of anilines is 2. The minimum atomic E-state index is -1.38. The second-order valence-corrected chi connectivity index (χ2v) is 12.9. The van der Waals surface area contributed by atoms with E-state index in [0.717, 1.165) is 46.7 Å². The zero-order valence-corrected chi connectivity index (χ0v) is 31.7. The van der Waals surface area contributed by atoms with Crippen LogP contribution >= 0.6 is 12.4 Å². The highest BCUT2D eigenvalue weighted by Gasteiger charge is 2.28. The molecular formula is C38H45ClN12O5. The van der Waals surface area contributed by atoms with Crippen LogP contribution in [0.1, 0.15) is 51.8 Å². The number of rotatable bonds is 6. The molecule has 0 radical (unpaired) electrons. The number of hydrogen-bond donors (Lipinski definition) is 8. The van der Waals surface area contributed by atoms with Crippen LogP contribution in [0.2, 0.25) is 0 Å². The van der Waals surface area contributed by atoms with Crippen LogP contribution < -0.4 is 27.4 Å². The number of nitrogens with zero attached hydrogens (tertiary/aromatic N) is 5. The van der Waals surface area contributed by atoms with Crippen molar-refractivity contribution in [1.82, 2.24) is 29.6 Å². The number of carbonyl (C=O) groups is 4. The number of carboxylic acid groups (broad SMARTS) is 1. The minimum absolute atomic E-state index is 0. The van der Waals surface area contributed by atoms with Gasteiger partial charge in [-0.2, -0.15) is 0 Å². The predicted molar refractivity (Wildman–Crippen MR) is 214 cm³/mol. The second kappa shape index (κ2) is 19.7. The number of nitrogens with two attached hydrogens (primary N) is 2. The maximum absolute atomic E-state index is 12.5. The van der Waals surface area contributed by atoms with Gasteiger partial charge in [0, 0.05) is 50.7 Å². The average Bonchev–Trinajstić information content (AvgIpc) is 3.82. The Hall–Kier alpha value is -6.59. The first kappa shape index (κ1) is 42.2. The number of aliphatic carboxylic acids is 1. The molecule has 18 heteroatoms. The number of carboxylic acids is 1. The Labute approximate surface area is 328 Å². The van der Waals surface area contributed by atoms with Gasteiger partial charge in [0.25, 0.3) is 5.91 Å². The maximum Gasteiger partial charge on any atom is 0.373 e. The summed E-state index contributed by atoms with van der Waals surface area (Å²) in [7, 11) is 3.91. The number of halogens is 1. The van der Waals surface area contributed by atoms with Gasteiger partial charge in [-0.1, -0.05) is 60.7 Å². The number of hydrogen-bond acceptors (Lipinski definition) is 8. The fourth-order valence-corrected chi connectivity index (χ4v) is 5.92. The van der Waals surface area contributed by atoms with E-state index in [4.69, 9.17) is 22.0 Å². The van der Waals surface area contributed by atoms with Crippen molar-refractivity contribution in [3.8, 4) is 0 Å². The normalized spacial score (nSPS) is 15.9. The summed E-state index contributed by atoms with van der Waals surface area (Å²) in [6.45, 7) is 0. The molecule has 0 spiro atoms. The van der Waals surface area contributed by atoms with Gasteiger partial charge in [-0.3, -0.25) is 24.9 Å². The number of carbonyl (C=O) groups excluding carboxylic acids is 3. The van der Waals surface area contributed by atoms with Crippen LogP contribution in [-0.2, 0) is 54.2 Å². The Morgan fingerprint density at radius 3 is 2.04 bits per heavy atom. The Kier molecular flexibility index (Phi) is 14.8. The first-order valence-electron chi connectivity index (χ1n) is 17.5.